The largest absolute Gasteiger partial charge is 0.470 e. The number of anilines is 1. The Morgan fingerprint density at radius 1 is 1.10 bits per heavy atom. The number of hydrogen-bond donors (Lipinski definition) is 4. The quantitative estimate of drug-likeness (QED) is 0.0938. The van der Waals surface area contributed by atoms with Crippen LogP contribution in [0.25, 0.3) is 0 Å². The fraction of sp³-hybridized carbons (Fsp3) is 0.500. The van der Waals surface area contributed by atoms with Crippen LogP contribution < -0.4 is 16.0 Å². The number of nitrogens with one attached hydrogen (secondary N) is 3. The van der Waals surface area contributed by atoms with Crippen molar-refractivity contribution in [2.75, 3.05) is 31.6 Å². The lowest BCUT2D eigenvalue weighted by atomic mass is 10.0. The van der Waals surface area contributed by atoms with Gasteiger partial charge in [-0.15, -0.1) is 0 Å². The van der Waals surface area contributed by atoms with Crippen molar-refractivity contribution in [3.05, 3.63) is 23.8 Å². The standard InChI is InChI=1S/C24H31BN4O10S/c1-14(2)22(28-18(30)7-9-38-10-8-29-20(32)5-6-21(29)33)23(34)26-12-19(31)27-16-4-3-15(13-39-24(25)35)17(11-16)40(36)37/h3-4,11,14,22H,5-10,12-13H2,1-2H3,(H,26,34)(H,27,31)(H,28,30)(H,36,37). The number of carbonyl (C=O) groups is 6. The van der Waals surface area contributed by atoms with E-state index in [1.165, 1.54) is 18.2 Å². The zero-order valence-electron chi connectivity index (χ0n) is 22.1. The first-order chi connectivity index (χ1) is 18.9. The van der Waals surface area contributed by atoms with Gasteiger partial charge < -0.3 is 30.0 Å². The maximum atomic E-state index is 12.6. The summed E-state index contributed by atoms with van der Waals surface area (Å²) in [7, 11) is 4.91. The van der Waals surface area contributed by atoms with Gasteiger partial charge in [-0.3, -0.25) is 33.7 Å². The third-order valence-electron chi connectivity index (χ3n) is 5.69. The summed E-state index contributed by atoms with van der Waals surface area (Å²) in [5.74, 6) is -3.56. The van der Waals surface area contributed by atoms with Crippen LogP contribution in [0.15, 0.2) is 23.1 Å². The van der Waals surface area contributed by atoms with E-state index < -0.39 is 47.3 Å². The maximum Gasteiger partial charge on any atom is 0.243 e. The Bertz CT molecular complexity index is 1150. The lowest BCUT2D eigenvalue weighted by Crippen LogP contribution is -2.51. The van der Waals surface area contributed by atoms with E-state index >= 15 is 0 Å². The summed E-state index contributed by atoms with van der Waals surface area (Å²) in [6, 6.07) is 3.07. The molecule has 0 aliphatic carbocycles. The van der Waals surface area contributed by atoms with Gasteiger partial charge in [0.05, 0.1) is 31.2 Å². The normalized spacial score (nSPS) is 14.6. The van der Waals surface area contributed by atoms with E-state index in [2.05, 4.69) is 20.7 Å². The number of hydrogen-bond acceptors (Lipinski definition) is 9. The first-order valence-electron chi connectivity index (χ1n) is 12.3. The van der Waals surface area contributed by atoms with Crippen LogP contribution >= 0.6 is 0 Å². The number of likely N-dealkylation sites (tertiary alicyclic amines) is 1. The van der Waals surface area contributed by atoms with Gasteiger partial charge >= 0.3 is 0 Å². The molecule has 2 rings (SSSR count). The molecule has 2 radical (unpaired) electrons. The highest BCUT2D eigenvalue weighted by molar-refractivity contribution is 7.79. The Morgan fingerprint density at radius 2 is 1.77 bits per heavy atom. The third-order valence-corrected chi connectivity index (χ3v) is 6.44. The highest BCUT2D eigenvalue weighted by atomic mass is 32.2. The van der Waals surface area contributed by atoms with Gasteiger partial charge in [-0.1, -0.05) is 19.9 Å². The molecule has 1 aromatic carbocycles. The molecule has 1 fully saturated rings. The highest BCUT2D eigenvalue weighted by Gasteiger charge is 2.28. The summed E-state index contributed by atoms with van der Waals surface area (Å²) in [5.41, 5.74) is 0.371. The SMILES string of the molecule is [B]C(=O)OCc1ccc(NC(=O)CNC(=O)C(NC(=O)CCOCCN2C(=O)CCC2=O)C(C)C)cc1S(=O)O. The second-order valence-electron chi connectivity index (χ2n) is 9.04. The Morgan fingerprint density at radius 3 is 2.38 bits per heavy atom. The van der Waals surface area contributed by atoms with Crippen molar-refractivity contribution in [3.63, 3.8) is 0 Å². The van der Waals surface area contributed by atoms with Crippen LogP contribution in [0.3, 0.4) is 0 Å². The average molecular weight is 578 g/mol. The van der Waals surface area contributed by atoms with Gasteiger partial charge in [0.1, 0.15) is 12.6 Å². The minimum Gasteiger partial charge on any atom is -0.470 e. The maximum absolute atomic E-state index is 12.6. The van der Waals surface area contributed by atoms with E-state index in [0.717, 1.165) is 4.90 Å². The van der Waals surface area contributed by atoms with Crippen molar-refractivity contribution < 1.29 is 47.0 Å². The van der Waals surface area contributed by atoms with Gasteiger partial charge in [-0.2, -0.15) is 0 Å². The molecule has 14 nitrogen and oxygen atoms in total. The third kappa shape index (κ3) is 10.5. The van der Waals surface area contributed by atoms with Gasteiger partial charge in [-0.25, -0.2) is 4.21 Å². The molecule has 16 heteroatoms. The Balaban J connectivity index is 1.79. The van der Waals surface area contributed by atoms with Crippen molar-refractivity contribution in [3.8, 4) is 0 Å². The van der Waals surface area contributed by atoms with Gasteiger partial charge in [0.2, 0.25) is 43.3 Å². The molecule has 0 bridgehead atoms. The molecule has 5 amide bonds. The number of rotatable bonds is 15. The van der Waals surface area contributed by atoms with Crippen molar-refractivity contribution in [2.24, 2.45) is 5.92 Å². The molecule has 0 aromatic heterocycles. The molecule has 2 atom stereocenters. The Labute approximate surface area is 234 Å². The van der Waals surface area contributed by atoms with E-state index in [1.54, 1.807) is 13.8 Å². The lowest BCUT2D eigenvalue weighted by molar-refractivity contribution is -0.139. The fourth-order valence-corrected chi connectivity index (χ4v) is 4.20. The molecule has 1 saturated heterocycles. The molecule has 1 aromatic rings. The second kappa shape index (κ2) is 15.8. The predicted octanol–water partition coefficient (Wildman–Crippen LogP) is -0.176. The van der Waals surface area contributed by atoms with E-state index in [1.807, 2.05) is 0 Å². The number of nitrogens with zero attached hydrogens (tertiary/aromatic N) is 1. The molecule has 4 N–H and O–H groups in total. The Kier molecular flexibility index (Phi) is 12.9. The summed E-state index contributed by atoms with van der Waals surface area (Å²) in [6.07, 6.45) is 0.321. The van der Waals surface area contributed by atoms with E-state index in [0.29, 0.717) is 0 Å². The van der Waals surface area contributed by atoms with Crippen molar-refractivity contribution in [1.29, 1.82) is 0 Å². The minimum atomic E-state index is -2.45. The van der Waals surface area contributed by atoms with Gasteiger partial charge in [-0.05, 0) is 18.1 Å². The predicted molar refractivity (Wildman–Crippen MR) is 141 cm³/mol. The Hall–Kier alpha value is -3.63. The topological polar surface area (TPSA) is 198 Å². The molecule has 1 aliphatic rings. The van der Waals surface area contributed by atoms with Crippen LogP contribution in [0.4, 0.5) is 10.5 Å². The number of ether oxygens (including phenoxy) is 2. The van der Waals surface area contributed by atoms with Crippen LogP contribution in [0, 0.1) is 5.92 Å². The first kappa shape index (κ1) is 32.6. The summed E-state index contributed by atoms with van der Waals surface area (Å²) < 4.78 is 31.1. The molecule has 1 aliphatic heterocycles. The van der Waals surface area contributed by atoms with Gasteiger partial charge in [0.25, 0.3) is 0 Å². The molecule has 40 heavy (non-hydrogen) atoms. The van der Waals surface area contributed by atoms with E-state index in [4.69, 9.17) is 12.6 Å². The van der Waals surface area contributed by atoms with Crippen molar-refractivity contribution in [2.45, 2.75) is 50.7 Å². The number of carbonyl (C=O) groups excluding carboxylic acids is 6. The summed E-state index contributed by atoms with van der Waals surface area (Å²) >= 11 is -2.45. The highest BCUT2D eigenvalue weighted by Crippen LogP contribution is 2.20. The average Bonchev–Trinajstić information content (AvgIpc) is 3.21. The van der Waals surface area contributed by atoms with Gasteiger partial charge in [0.15, 0.2) is 11.1 Å². The molecule has 0 saturated carbocycles. The fourth-order valence-electron chi connectivity index (χ4n) is 3.62. The van der Waals surface area contributed by atoms with Crippen molar-refractivity contribution >= 4 is 60.0 Å². The van der Waals surface area contributed by atoms with Crippen LogP contribution in [0.5, 0.6) is 0 Å². The molecular weight excluding hydrogens is 547 g/mol. The first-order valence-corrected chi connectivity index (χ1v) is 13.4. The zero-order chi connectivity index (χ0) is 29.8. The monoisotopic (exact) mass is 578 g/mol. The van der Waals surface area contributed by atoms with Crippen LogP contribution in [0.2, 0.25) is 0 Å². The number of imide groups is 1. The smallest absolute Gasteiger partial charge is 0.243 e. The molecule has 1 heterocycles. The van der Waals surface area contributed by atoms with Gasteiger partial charge in [0, 0.05) is 30.5 Å². The number of amides is 5. The summed E-state index contributed by atoms with van der Waals surface area (Å²) in [4.78, 5) is 72.3. The second-order valence-corrected chi connectivity index (χ2v) is 9.97. The molecule has 0 spiro atoms. The zero-order valence-corrected chi connectivity index (χ0v) is 22.9. The van der Waals surface area contributed by atoms with Crippen molar-refractivity contribution in [1.82, 2.24) is 15.5 Å². The summed E-state index contributed by atoms with van der Waals surface area (Å²) in [6.45, 7) is 2.87. The van der Waals surface area contributed by atoms with Crippen LogP contribution in [-0.4, -0.2) is 89.3 Å². The lowest BCUT2D eigenvalue weighted by Gasteiger charge is -2.21. The molecular formula is C24H31BN4O10S. The van der Waals surface area contributed by atoms with E-state index in [9.17, 15) is 37.5 Å². The number of benzene rings is 1. The van der Waals surface area contributed by atoms with Crippen LogP contribution in [0.1, 0.15) is 38.7 Å². The molecule has 216 valence electrons. The minimum absolute atomic E-state index is 0.0188. The molecule has 2 unspecified atom stereocenters. The summed E-state index contributed by atoms with van der Waals surface area (Å²) in [5, 5.41) is 7.51. The van der Waals surface area contributed by atoms with E-state index in [-0.39, 0.29) is 79.5 Å². The van der Waals surface area contributed by atoms with Crippen LogP contribution in [-0.2, 0) is 51.1 Å².